The number of nitrogens with zero attached hydrogens (tertiary/aromatic N) is 1. The highest BCUT2D eigenvalue weighted by Crippen LogP contribution is 2.24. The van der Waals surface area contributed by atoms with E-state index in [-0.39, 0.29) is 6.04 Å². The van der Waals surface area contributed by atoms with Crippen LogP contribution in [0.25, 0.3) is 0 Å². The Morgan fingerprint density at radius 3 is 3.15 bits per heavy atom. The Balaban J connectivity index is 2.39. The van der Waals surface area contributed by atoms with Gasteiger partial charge in [-0.2, -0.15) is 5.26 Å². The van der Waals surface area contributed by atoms with E-state index in [2.05, 4.69) is 6.07 Å². The summed E-state index contributed by atoms with van der Waals surface area (Å²) in [6.45, 7) is 0.568. The van der Waals surface area contributed by atoms with E-state index in [1.54, 1.807) is 6.07 Å². The van der Waals surface area contributed by atoms with Gasteiger partial charge in [-0.05, 0) is 30.2 Å². The fourth-order valence-electron chi connectivity index (χ4n) is 1.49. The molecule has 1 aromatic rings. The van der Waals surface area contributed by atoms with Gasteiger partial charge in [0.2, 0.25) is 0 Å². The van der Waals surface area contributed by atoms with Crippen LogP contribution in [-0.4, -0.2) is 12.6 Å². The van der Waals surface area contributed by atoms with Crippen LogP contribution in [0.1, 0.15) is 11.1 Å². The molecule has 1 aliphatic heterocycles. The zero-order valence-corrected chi connectivity index (χ0v) is 7.16. The molecule has 0 aromatic heterocycles. The van der Waals surface area contributed by atoms with Crippen molar-refractivity contribution in [1.82, 2.24) is 0 Å². The van der Waals surface area contributed by atoms with Gasteiger partial charge in [-0.15, -0.1) is 0 Å². The highest BCUT2D eigenvalue weighted by molar-refractivity contribution is 5.43. The van der Waals surface area contributed by atoms with Gasteiger partial charge in [0.05, 0.1) is 11.6 Å². The summed E-state index contributed by atoms with van der Waals surface area (Å²) in [6, 6.07) is 7.59. The van der Waals surface area contributed by atoms with Crippen molar-refractivity contribution in [1.29, 1.82) is 5.26 Å². The molecule has 0 radical (unpaired) electrons. The van der Waals surface area contributed by atoms with Crippen molar-refractivity contribution < 1.29 is 4.74 Å². The van der Waals surface area contributed by atoms with Crippen LogP contribution in [0.4, 0.5) is 0 Å². The van der Waals surface area contributed by atoms with E-state index in [0.29, 0.717) is 12.2 Å². The molecule has 3 heteroatoms. The SMILES string of the molecule is N#Cc1ccc2c(c1)CC(N)CO2. The van der Waals surface area contributed by atoms with Gasteiger partial charge >= 0.3 is 0 Å². The minimum atomic E-state index is 0.0569. The molecule has 0 fully saturated rings. The minimum Gasteiger partial charge on any atom is -0.492 e. The lowest BCUT2D eigenvalue weighted by Crippen LogP contribution is -2.33. The van der Waals surface area contributed by atoms with Gasteiger partial charge < -0.3 is 10.5 Å². The summed E-state index contributed by atoms with van der Waals surface area (Å²) in [6.07, 6.45) is 0.796. The van der Waals surface area contributed by atoms with Gasteiger partial charge in [0.25, 0.3) is 0 Å². The Morgan fingerprint density at radius 1 is 1.54 bits per heavy atom. The molecule has 3 nitrogen and oxygen atoms in total. The summed E-state index contributed by atoms with van der Waals surface area (Å²) >= 11 is 0. The number of hydrogen-bond acceptors (Lipinski definition) is 3. The highest BCUT2D eigenvalue weighted by Gasteiger charge is 2.16. The molecule has 1 aliphatic rings. The quantitative estimate of drug-likeness (QED) is 0.633. The molecule has 0 aliphatic carbocycles. The lowest BCUT2D eigenvalue weighted by Gasteiger charge is -2.22. The van der Waals surface area contributed by atoms with Gasteiger partial charge in [-0.3, -0.25) is 0 Å². The maximum Gasteiger partial charge on any atom is 0.122 e. The van der Waals surface area contributed by atoms with E-state index in [9.17, 15) is 0 Å². The second-order valence-electron chi connectivity index (χ2n) is 3.21. The zero-order valence-electron chi connectivity index (χ0n) is 7.16. The maximum absolute atomic E-state index is 8.68. The van der Waals surface area contributed by atoms with Crippen molar-refractivity contribution in [2.45, 2.75) is 12.5 Å². The molecule has 2 rings (SSSR count). The second-order valence-corrected chi connectivity index (χ2v) is 3.21. The molecular formula is C10H10N2O. The molecule has 2 N–H and O–H groups in total. The van der Waals surface area contributed by atoms with Crippen LogP contribution in [0, 0.1) is 11.3 Å². The van der Waals surface area contributed by atoms with E-state index < -0.39 is 0 Å². The minimum absolute atomic E-state index is 0.0569. The van der Waals surface area contributed by atoms with Crippen molar-refractivity contribution in [3.05, 3.63) is 29.3 Å². The average molecular weight is 174 g/mol. The first kappa shape index (κ1) is 8.09. The molecule has 0 spiro atoms. The molecule has 13 heavy (non-hydrogen) atoms. The van der Waals surface area contributed by atoms with E-state index in [1.165, 1.54) is 0 Å². The van der Waals surface area contributed by atoms with Crippen LogP contribution in [0.2, 0.25) is 0 Å². The Bertz CT molecular complexity index is 368. The first-order chi connectivity index (χ1) is 6.29. The molecule has 1 atom stereocenters. The first-order valence-electron chi connectivity index (χ1n) is 4.21. The Labute approximate surface area is 76.7 Å². The molecule has 66 valence electrons. The van der Waals surface area contributed by atoms with Crippen molar-refractivity contribution >= 4 is 0 Å². The highest BCUT2D eigenvalue weighted by atomic mass is 16.5. The largest absolute Gasteiger partial charge is 0.492 e. The standard InChI is InChI=1S/C10H10N2O/c11-5-7-1-2-10-8(3-7)4-9(12)6-13-10/h1-3,9H,4,6,12H2. The van der Waals surface area contributed by atoms with E-state index >= 15 is 0 Å². The predicted molar refractivity (Wildman–Crippen MR) is 48.3 cm³/mol. The number of nitrogens with two attached hydrogens (primary N) is 1. The lowest BCUT2D eigenvalue weighted by molar-refractivity contribution is 0.263. The third-order valence-corrected chi connectivity index (χ3v) is 2.12. The van der Waals surface area contributed by atoms with E-state index in [4.69, 9.17) is 15.7 Å². The van der Waals surface area contributed by atoms with Gasteiger partial charge in [0.1, 0.15) is 12.4 Å². The fourth-order valence-corrected chi connectivity index (χ4v) is 1.49. The summed E-state index contributed by atoms with van der Waals surface area (Å²) in [5.41, 5.74) is 7.44. The third kappa shape index (κ3) is 1.49. The van der Waals surface area contributed by atoms with Crippen LogP contribution in [0.5, 0.6) is 5.75 Å². The summed E-state index contributed by atoms with van der Waals surface area (Å²) in [4.78, 5) is 0. The molecule has 0 saturated heterocycles. The monoisotopic (exact) mass is 174 g/mol. The molecule has 0 amide bonds. The summed E-state index contributed by atoms with van der Waals surface area (Å²) in [7, 11) is 0. The Morgan fingerprint density at radius 2 is 2.38 bits per heavy atom. The van der Waals surface area contributed by atoms with Crippen molar-refractivity contribution in [3.8, 4) is 11.8 Å². The third-order valence-electron chi connectivity index (χ3n) is 2.12. The van der Waals surface area contributed by atoms with E-state index in [1.807, 2.05) is 12.1 Å². The van der Waals surface area contributed by atoms with Crippen molar-refractivity contribution in [2.24, 2.45) is 5.73 Å². The van der Waals surface area contributed by atoms with E-state index in [0.717, 1.165) is 17.7 Å². The predicted octanol–water partition coefficient (Wildman–Crippen LogP) is 0.820. The van der Waals surface area contributed by atoms with Crippen LogP contribution < -0.4 is 10.5 Å². The summed E-state index contributed by atoms with van der Waals surface area (Å²) in [5.74, 6) is 0.862. The molecule has 1 unspecified atom stereocenters. The number of nitriles is 1. The Hall–Kier alpha value is -1.53. The number of ether oxygens (including phenoxy) is 1. The summed E-state index contributed by atoms with van der Waals surface area (Å²) in [5, 5.41) is 8.68. The Kier molecular flexibility index (Phi) is 1.91. The van der Waals surface area contributed by atoms with Crippen LogP contribution in [0.3, 0.4) is 0 Å². The van der Waals surface area contributed by atoms with Gasteiger partial charge in [-0.1, -0.05) is 0 Å². The van der Waals surface area contributed by atoms with Crippen LogP contribution in [0.15, 0.2) is 18.2 Å². The van der Waals surface area contributed by atoms with Crippen molar-refractivity contribution in [3.63, 3.8) is 0 Å². The normalized spacial score (nSPS) is 19.8. The fraction of sp³-hybridized carbons (Fsp3) is 0.300. The summed E-state index contributed by atoms with van der Waals surface area (Å²) < 4.78 is 5.40. The number of rotatable bonds is 0. The van der Waals surface area contributed by atoms with Crippen molar-refractivity contribution in [2.75, 3.05) is 6.61 Å². The van der Waals surface area contributed by atoms with Crippen LogP contribution >= 0.6 is 0 Å². The maximum atomic E-state index is 8.68. The molecule has 0 bridgehead atoms. The van der Waals surface area contributed by atoms with Gasteiger partial charge in [-0.25, -0.2) is 0 Å². The average Bonchev–Trinajstić information content (AvgIpc) is 2.16. The van der Waals surface area contributed by atoms with Gasteiger partial charge in [0, 0.05) is 6.04 Å². The molecular weight excluding hydrogens is 164 g/mol. The first-order valence-corrected chi connectivity index (χ1v) is 4.21. The zero-order chi connectivity index (χ0) is 9.26. The topological polar surface area (TPSA) is 59.0 Å². The lowest BCUT2D eigenvalue weighted by atomic mass is 10.0. The molecule has 1 heterocycles. The number of benzene rings is 1. The number of fused-ring (bicyclic) bond motifs is 1. The van der Waals surface area contributed by atoms with Crippen LogP contribution in [-0.2, 0) is 6.42 Å². The smallest absolute Gasteiger partial charge is 0.122 e. The number of hydrogen-bond donors (Lipinski definition) is 1. The second kappa shape index (κ2) is 3.08. The van der Waals surface area contributed by atoms with Gasteiger partial charge in [0.15, 0.2) is 0 Å². The molecule has 1 aromatic carbocycles. The molecule has 0 saturated carbocycles.